The fraction of sp³-hybridized carbons (Fsp3) is 0.625. The predicted octanol–water partition coefficient (Wildman–Crippen LogP) is 3.06. The van der Waals surface area contributed by atoms with E-state index in [1.54, 1.807) is 0 Å². The van der Waals surface area contributed by atoms with Crippen LogP contribution in [0.5, 0.6) is 0 Å². The molecule has 102 valence electrons. The molecular formula is C16H27NO. The molecule has 0 aliphatic heterocycles. The summed E-state index contributed by atoms with van der Waals surface area (Å²) in [7, 11) is 0. The van der Waals surface area contributed by atoms with Gasteiger partial charge >= 0.3 is 0 Å². The van der Waals surface area contributed by atoms with Gasteiger partial charge in [-0.3, -0.25) is 0 Å². The zero-order valence-electron chi connectivity index (χ0n) is 11.8. The maximum atomic E-state index is 10.3. The summed E-state index contributed by atoms with van der Waals surface area (Å²) < 4.78 is 0. The number of rotatable bonds is 8. The molecule has 1 aromatic carbocycles. The topological polar surface area (TPSA) is 46.2 Å². The van der Waals surface area contributed by atoms with Gasteiger partial charge in [-0.25, -0.2) is 0 Å². The number of unbranched alkanes of at least 4 members (excludes halogenated alkanes) is 1. The second-order valence-electron chi connectivity index (χ2n) is 5.49. The molecule has 0 fully saturated rings. The Bertz CT molecular complexity index is 347. The normalized spacial score (nSPS) is 14.4. The molecule has 0 saturated carbocycles. The maximum absolute atomic E-state index is 10.3. The molecule has 1 rings (SSSR count). The van der Waals surface area contributed by atoms with Gasteiger partial charge in [0.1, 0.15) is 0 Å². The van der Waals surface area contributed by atoms with Crippen molar-refractivity contribution in [2.75, 3.05) is 6.54 Å². The third-order valence-corrected chi connectivity index (χ3v) is 3.31. The zero-order chi connectivity index (χ0) is 13.4. The fourth-order valence-electron chi connectivity index (χ4n) is 2.29. The summed E-state index contributed by atoms with van der Waals surface area (Å²) in [5.74, 6) is 0. The highest BCUT2D eigenvalue weighted by molar-refractivity contribution is 5.24. The van der Waals surface area contributed by atoms with Crippen LogP contribution in [0.1, 0.15) is 50.7 Å². The van der Waals surface area contributed by atoms with Crippen molar-refractivity contribution in [2.45, 2.75) is 58.0 Å². The van der Waals surface area contributed by atoms with Crippen molar-refractivity contribution in [3.8, 4) is 0 Å². The molecule has 0 spiro atoms. The SMILES string of the molecule is CCCCC(C)(O)Cc1cccc(CCCN)c1. The van der Waals surface area contributed by atoms with E-state index in [9.17, 15) is 5.11 Å². The first-order valence-electron chi connectivity index (χ1n) is 7.07. The van der Waals surface area contributed by atoms with Crippen LogP contribution in [0.4, 0.5) is 0 Å². The number of hydrogen-bond acceptors (Lipinski definition) is 2. The van der Waals surface area contributed by atoms with Crippen molar-refractivity contribution in [1.82, 2.24) is 0 Å². The molecule has 3 N–H and O–H groups in total. The van der Waals surface area contributed by atoms with E-state index < -0.39 is 5.60 Å². The van der Waals surface area contributed by atoms with Gasteiger partial charge in [-0.15, -0.1) is 0 Å². The van der Waals surface area contributed by atoms with Crippen molar-refractivity contribution < 1.29 is 5.11 Å². The van der Waals surface area contributed by atoms with E-state index in [4.69, 9.17) is 5.73 Å². The summed E-state index contributed by atoms with van der Waals surface area (Å²) in [6, 6.07) is 8.53. The number of hydrogen-bond donors (Lipinski definition) is 2. The van der Waals surface area contributed by atoms with Crippen molar-refractivity contribution in [3.05, 3.63) is 35.4 Å². The summed E-state index contributed by atoms with van der Waals surface area (Å²) >= 11 is 0. The molecule has 0 aliphatic rings. The summed E-state index contributed by atoms with van der Waals surface area (Å²) in [4.78, 5) is 0. The third-order valence-electron chi connectivity index (χ3n) is 3.31. The Morgan fingerprint density at radius 2 is 1.94 bits per heavy atom. The van der Waals surface area contributed by atoms with Gasteiger partial charge in [-0.05, 0) is 43.9 Å². The van der Waals surface area contributed by atoms with E-state index in [1.807, 2.05) is 6.92 Å². The first kappa shape index (κ1) is 15.2. The van der Waals surface area contributed by atoms with Crippen LogP contribution >= 0.6 is 0 Å². The number of aliphatic hydroxyl groups is 1. The smallest absolute Gasteiger partial charge is 0.0660 e. The number of nitrogens with two attached hydrogens (primary N) is 1. The molecule has 2 heteroatoms. The van der Waals surface area contributed by atoms with Crippen LogP contribution in [0, 0.1) is 0 Å². The van der Waals surface area contributed by atoms with Gasteiger partial charge < -0.3 is 10.8 Å². The van der Waals surface area contributed by atoms with Crippen LogP contribution < -0.4 is 5.73 Å². The minimum absolute atomic E-state index is 0.581. The maximum Gasteiger partial charge on any atom is 0.0660 e. The van der Waals surface area contributed by atoms with Crippen LogP contribution in [-0.4, -0.2) is 17.3 Å². The van der Waals surface area contributed by atoms with Gasteiger partial charge in [-0.2, -0.15) is 0 Å². The minimum Gasteiger partial charge on any atom is -0.390 e. The molecule has 1 atom stereocenters. The van der Waals surface area contributed by atoms with Crippen LogP contribution in [0.2, 0.25) is 0 Å². The zero-order valence-corrected chi connectivity index (χ0v) is 11.8. The lowest BCUT2D eigenvalue weighted by Gasteiger charge is -2.23. The summed E-state index contributed by atoms with van der Waals surface area (Å²) in [6.07, 6.45) is 5.88. The Balaban J connectivity index is 2.60. The molecule has 1 unspecified atom stereocenters. The summed E-state index contributed by atoms with van der Waals surface area (Å²) in [5, 5.41) is 10.3. The lowest BCUT2D eigenvalue weighted by atomic mass is 9.90. The highest BCUT2D eigenvalue weighted by atomic mass is 16.3. The highest BCUT2D eigenvalue weighted by Gasteiger charge is 2.19. The molecule has 0 bridgehead atoms. The van der Waals surface area contributed by atoms with Crippen molar-refractivity contribution >= 4 is 0 Å². The van der Waals surface area contributed by atoms with Gasteiger partial charge in [0.15, 0.2) is 0 Å². The fourth-order valence-corrected chi connectivity index (χ4v) is 2.29. The first-order chi connectivity index (χ1) is 8.57. The predicted molar refractivity (Wildman–Crippen MR) is 77.7 cm³/mol. The number of aryl methyl sites for hydroxylation is 1. The molecule has 0 aromatic heterocycles. The Morgan fingerprint density at radius 3 is 2.61 bits per heavy atom. The number of benzene rings is 1. The molecule has 0 heterocycles. The second kappa shape index (κ2) is 7.55. The van der Waals surface area contributed by atoms with Gasteiger partial charge in [-0.1, -0.05) is 44.0 Å². The van der Waals surface area contributed by atoms with Crippen molar-refractivity contribution in [2.24, 2.45) is 5.73 Å². The average Bonchev–Trinajstić information content (AvgIpc) is 2.34. The molecule has 0 saturated heterocycles. The van der Waals surface area contributed by atoms with Gasteiger partial charge in [0.05, 0.1) is 5.60 Å². The van der Waals surface area contributed by atoms with Gasteiger partial charge in [0.2, 0.25) is 0 Å². The summed E-state index contributed by atoms with van der Waals surface area (Å²) in [6.45, 7) is 4.83. The molecule has 1 aromatic rings. The van der Waals surface area contributed by atoms with E-state index in [0.29, 0.717) is 0 Å². The van der Waals surface area contributed by atoms with Gasteiger partial charge in [0.25, 0.3) is 0 Å². The quantitative estimate of drug-likeness (QED) is 0.744. The first-order valence-corrected chi connectivity index (χ1v) is 7.07. The minimum atomic E-state index is -0.581. The summed E-state index contributed by atoms with van der Waals surface area (Å²) in [5.41, 5.74) is 7.50. The van der Waals surface area contributed by atoms with E-state index in [0.717, 1.165) is 45.1 Å². The molecule has 0 aliphatic carbocycles. The Morgan fingerprint density at radius 1 is 1.22 bits per heavy atom. The van der Waals surface area contributed by atoms with Crippen molar-refractivity contribution in [1.29, 1.82) is 0 Å². The van der Waals surface area contributed by atoms with E-state index in [1.165, 1.54) is 11.1 Å². The largest absolute Gasteiger partial charge is 0.390 e. The molecule has 18 heavy (non-hydrogen) atoms. The van der Waals surface area contributed by atoms with Crippen LogP contribution in [0.3, 0.4) is 0 Å². The Kier molecular flexibility index (Phi) is 6.37. The average molecular weight is 249 g/mol. The monoisotopic (exact) mass is 249 g/mol. The lowest BCUT2D eigenvalue weighted by Crippen LogP contribution is -2.27. The third kappa shape index (κ3) is 5.65. The Labute approximate surface area is 111 Å². The van der Waals surface area contributed by atoms with E-state index in [-0.39, 0.29) is 0 Å². The molecule has 2 nitrogen and oxygen atoms in total. The standard InChI is InChI=1S/C16H27NO/c1-3-4-10-16(2,18)13-15-8-5-7-14(12-15)9-6-11-17/h5,7-8,12,18H,3-4,6,9-11,13,17H2,1-2H3. The van der Waals surface area contributed by atoms with Gasteiger partial charge in [0, 0.05) is 6.42 Å². The van der Waals surface area contributed by atoms with Crippen LogP contribution in [-0.2, 0) is 12.8 Å². The second-order valence-corrected chi connectivity index (χ2v) is 5.49. The lowest BCUT2D eigenvalue weighted by molar-refractivity contribution is 0.0490. The van der Waals surface area contributed by atoms with Crippen molar-refractivity contribution in [3.63, 3.8) is 0 Å². The highest BCUT2D eigenvalue weighted by Crippen LogP contribution is 2.20. The van der Waals surface area contributed by atoms with E-state index >= 15 is 0 Å². The molecule has 0 radical (unpaired) electrons. The Hall–Kier alpha value is -0.860. The molecular weight excluding hydrogens is 222 g/mol. The molecule has 0 amide bonds. The van der Waals surface area contributed by atoms with Crippen LogP contribution in [0.25, 0.3) is 0 Å². The van der Waals surface area contributed by atoms with E-state index in [2.05, 4.69) is 31.2 Å². The van der Waals surface area contributed by atoms with Crippen LogP contribution in [0.15, 0.2) is 24.3 Å².